The van der Waals surface area contributed by atoms with Gasteiger partial charge in [0.25, 0.3) is 0 Å². The van der Waals surface area contributed by atoms with Crippen LogP contribution >= 0.6 is 0 Å². The molecule has 7 nitrogen and oxygen atoms in total. The molecule has 3 aromatic carbocycles. The molecule has 1 atom stereocenters. The van der Waals surface area contributed by atoms with Gasteiger partial charge in [-0.05, 0) is 54.4 Å². The van der Waals surface area contributed by atoms with E-state index in [0.717, 1.165) is 77.3 Å². The molecule has 41 heavy (non-hydrogen) atoms. The molecule has 1 fully saturated rings. The van der Waals surface area contributed by atoms with Crippen LogP contribution in [-0.2, 0) is 6.54 Å². The third kappa shape index (κ3) is 6.32. The zero-order valence-electron chi connectivity index (χ0n) is 23.6. The van der Waals surface area contributed by atoms with Crippen LogP contribution in [0.25, 0.3) is 33.3 Å². The van der Waals surface area contributed by atoms with Crippen LogP contribution in [0.1, 0.15) is 24.1 Å². The summed E-state index contributed by atoms with van der Waals surface area (Å²) >= 11 is 0. The van der Waals surface area contributed by atoms with Gasteiger partial charge in [-0.15, -0.1) is 0 Å². The van der Waals surface area contributed by atoms with Crippen LogP contribution in [0.15, 0.2) is 97.3 Å². The highest BCUT2D eigenvalue weighted by Crippen LogP contribution is 2.32. The van der Waals surface area contributed by atoms with Gasteiger partial charge in [-0.1, -0.05) is 66.7 Å². The first-order chi connectivity index (χ1) is 20.0. The summed E-state index contributed by atoms with van der Waals surface area (Å²) in [5, 5.41) is 7.04. The van der Waals surface area contributed by atoms with E-state index in [2.05, 4.69) is 68.9 Å². The lowest BCUT2D eigenvalue weighted by molar-refractivity contribution is 0.148. The van der Waals surface area contributed by atoms with Crippen molar-refractivity contribution in [2.45, 2.75) is 19.5 Å². The SMILES string of the molecule is C[C@@H](NC(=O)Nc1cccc(-c2c[nH]c3ncc(-c4ccc(CN5CCN(C)CC5)cc4)cc23)c1)c1ccccc1. The molecule has 0 aliphatic carbocycles. The minimum Gasteiger partial charge on any atom is -0.346 e. The van der Waals surface area contributed by atoms with Crippen LogP contribution in [0.3, 0.4) is 0 Å². The lowest BCUT2D eigenvalue weighted by Crippen LogP contribution is -2.43. The van der Waals surface area contributed by atoms with Gasteiger partial charge >= 0.3 is 6.03 Å². The van der Waals surface area contributed by atoms with Gasteiger partial charge in [-0.3, -0.25) is 4.90 Å². The Bertz CT molecular complexity index is 1620. The molecule has 3 N–H and O–H groups in total. The van der Waals surface area contributed by atoms with Crippen molar-refractivity contribution in [2.75, 3.05) is 38.5 Å². The van der Waals surface area contributed by atoms with Gasteiger partial charge in [0, 0.05) is 67.3 Å². The van der Waals surface area contributed by atoms with Crippen molar-refractivity contribution >= 4 is 22.8 Å². The number of benzene rings is 3. The van der Waals surface area contributed by atoms with E-state index in [1.54, 1.807) is 0 Å². The largest absolute Gasteiger partial charge is 0.346 e. The quantitative estimate of drug-likeness (QED) is 0.218. The number of hydrogen-bond acceptors (Lipinski definition) is 4. The Kier molecular flexibility index (Phi) is 7.80. The predicted molar refractivity (Wildman–Crippen MR) is 167 cm³/mol. The van der Waals surface area contributed by atoms with Crippen molar-refractivity contribution in [3.63, 3.8) is 0 Å². The minimum atomic E-state index is -0.238. The van der Waals surface area contributed by atoms with Crippen molar-refractivity contribution in [3.05, 3.63) is 108 Å². The molecule has 0 radical (unpaired) electrons. The number of aromatic nitrogens is 2. The number of fused-ring (bicyclic) bond motifs is 1. The molecule has 1 aliphatic heterocycles. The fraction of sp³-hybridized carbons (Fsp3) is 0.235. The molecular weight excluding hydrogens is 508 g/mol. The molecule has 5 aromatic rings. The third-order valence-electron chi connectivity index (χ3n) is 7.90. The number of urea groups is 1. The summed E-state index contributed by atoms with van der Waals surface area (Å²) in [4.78, 5) is 25.6. The number of carbonyl (C=O) groups excluding carboxylic acids is 1. The molecule has 1 saturated heterocycles. The van der Waals surface area contributed by atoms with Gasteiger partial charge in [0.15, 0.2) is 0 Å². The first-order valence-electron chi connectivity index (χ1n) is 14.2. The number of piperazine rings is 1. The first-order valence-corrected chi connectivity index (χ1v) is 14.2. The number of anilines is 1. The topological polar surface area (TPSA) is 76.3 Å². The molecule has 2 aromatic heterocycles. The van der Waals surface area contributed by atoms with Gasteiger partial charge in [0.1, 0.15) is 5.65 Å². The average molecular weight is 545 g/mol. The number of carbonyl (C=O) groups is 1. The van der Waals surface area contributed by atoms with E-state index < -0.39 is 0 Å². The van der Waals surface area contributed by atoms with Crippen molar-refractivity contribution in [1.29, 1.82) is 0 Å². The maximum absolute atomic E-state index is 12.7. The summed E-state index contributed by atoms with van der Waals surface area (Å²) in [5.74, 6) is 0. The summed E-state index contributed by atoms with van der Waals surface area (Å²) in [5.41, 5.74) is 8.23. The number of nitrogens with one attached hydrogen (secondary N) is 3. The van der Waals surface area contributed by atoms with Crippen LogP contribution in [0.5, 0.6) is 0 Å². The number of nitrogens with zero attached hydrogens (tertiary/aromatic N) is 3. The van der Waals surface area contributed by atoms with Gasteiger partial charge in [-0.2, -0.15) is 0 Å². The summed E-state index contributed by atoms with van der Waals surface area (Å²) < 4.78 is 0. The predicted octanol–water partition coefficient (Wildman–Crippen LogP) is 6.53. The minimum absolute atomic E-state index is 0.0988. The van der Waals surface area contributed by atoms with E-state index >= 15 is 0 Å². The summed E-state index contributed by atoms with van der Waals surface area (Å²) in [7, 11) is 2.19. The molecule has 3 heterocycles. The zero-order valence-corrected chi connectivity index (χ0v) is 23.6. The first kappa shape index (κ1) is 26.7. The number of H-pyrrole nitrogens is 1. The fourth-order valence-electron chi connectivity index (χ4n) is 5.42. The Morgan fingerprint density at radius 3 is 2.46 bits per heavy atom. The van der Waals surface area contributed by atoms with Gasteiger partial charge in [0.05, 0.1) is 6.04 Å². The Labute approximate surface area is 241 Å². The maximum atomic E-state index is 12.7. The van der Waals surface area contributed by atoms with Crippen molar-refractivity contribution in [1.82, 2.24) is 25.1 Å². The van der Waals surface area contributed by atoms with Crippen molar-refractivity contribution in [3.8, 4) is 22.3 Å². The highest BCUT2D eigenvalue weighted by molar-refractivity contribution is 5.97. The van der Waals surface area contributed by atoms with Crippen LogP contribution in [-0.4, -0.2) is 59.0 Å². The second-order valence-electron chi connectivity index (χ2n) is 10.9. The lowest BCUT2D eigenvalue weighted by atomic mass is 10.0. The van der Waals surface area contributed by atoms with E-state index in [4.69, 9.17) is 4.98 Å². The van der Waals surface area contributed by atoms with E-state index in [-0.39, 0.29) is 12.1 Å². The summed E-state index contributed by atoms with van der Waals surface area (Å²) in [6, 6.07) is 28.5. The van der Waals surface area contributed by atoms with E-state index in [9.17, 15) is 4.79 Å². The molecule has 7 heteroatoms. The molecule has 1 aliphatic rings. The summed E-state index contributed by atoms with van der Waals surface area (Å²) in [6.45, 7) is 7.45. The lowest BCUT2D eigenvalue weighted by Gasteiger charge is -2.32. The molecule has 208 valence electrons. The van der Waals surface area contributed by atoms with E-state index in [1.165, 1.54) is 5.56 Å². The van der Waals surface area contributed by atoms with Gasteiger partial charge < -0.3 is 20.5 Å². The smallest absolute Gasteiger partial charge is 0.319 e. The van der Waals surface area contributed by atoms with Gasteiger partial charge in [-0.25, -0.2) is 9.78 Å². The number of rotatable bonds is 7. The Morgan fingerprint density at radius 2 is 1.68 bits per heavy atom. The Hall–Kier alpha value is -4.46. The monoisotopic (exact) mass is 544 g/mol. The molecule has 0 unspecified atom stereocenters. The highest BCUT2D eigenvalue weighted by Gasteiger charge is 2.15. The second kappa shape index (κ2) is 12.0. The molecule has 0 saturated carbocycles. The van der Waals surface area contributed by atoms with E-state index in [0.29, 0.717) is 0 Å². The van der Waals surface area contributed by atoms with Crippen LogP contribution < -0.4 is 10.6 Å². The van der Waals surface area contributed by atoms with E-state index in [1.807, 2.05) is 67.8 Å². The standard InChI is InChI=1S/C34H36N6O/c1-24(26-7-4-3-5-8-26)37-34(41)38-30-10-6-9-28(19-30)32-22-36-33-31(32)20-29(21-35-33)27-13-11-25(12-14-27)23-40-17-15-39(2)16-18-40/h3-14,19-22,24H,15-18,23H2,1-2H3,(H,35,36)(H2,37,38,41)/t24-/m1/s1. The average Bonchev–Trinajstić information content (AvgIpc) is 3.43. The normalized spacial score (nSPS) is 15.1. The maximum Gasteiger partial charge on any atom is 0.319 e. The molecular formula is C34H36N6O. The Balaban J connectivity index is 1.17. The number of likely N-dealkylation sites (N-methyl/N-ethyl adjacent to an activating group) is 1. The molecule has 0 bridgehead atoms. The molecule has 0 spiro atoms. The van der Waals surface area contributed by atoms with Crippen LogP contribution in [0, 0.1) is 0 Å². The van der Waals surface area contributed by atoms with Crippen LogP contribution in [0.4, 0.5) is 10.5 Å². The fourth-order valence-corrected chi connectivity index (χ4v) is 5.42. The van der Waals surface area contributed by atoms with Crippen molar-refractivity contribution in [2.24, 2.45) is 0 Å². The number of aromatic amines is 1. The molecule has 6 rings (SSSR count). The Morgan fingerprint density at radius 1 is 0.902 bits per heavy atom. The molecule has 2 amide bonds. The number of amides is 2. The summed E-state index contributed by atoms with van der Waals surface area (Å²) in [6.07, 6.45) is 3.91. The third-order valence-corrected chi connectivity index (χ3v) is 7.90. The highest BCUT2D eigenvalue weighted by atomic mass is 16.2. The number of hydrogen-bond donors (Lipinski definition) is 3. The van der Waals surface area contributed by atoms with Crippen LogP contribution in [0.2, 0.25) is 0 Å². The zero-order chi connectivity index (χ0) is 28.2. The second-order valence-corrected chi connectivity index (χ2v) is 10.9. The van der Waals surface area contributed by atoms with Gasteiger partial charge in [0.2, 0.25) is 0 Å². The number of pyridine rings is 1. The van der Waals surface area contributed by atoms with Crippen molar-refractivity contribution < 1.29 is 4.79 Å².